The van der Waals surface area contributed by atoms with Crippen LogP contribution in [-0.4, -0.2) is 35.0 Å². The Kier molecular flexibility index (Phi) is 4.92. The molecule has 6 nitrogen and oxygen atoms in total. The van der Waals surface area contributed by atoms with Crippen LogP contribution in [0.2, 0.25) is 0 Å². The molecule has 1 aliphatic heterocycles. The summed E-state index contributed by atoms with van der Waals surface area (Å²) in [4.78, 5) is 34.9. The number of amides is 1. The molecule has 2 aromatic heterocycles. The molecule has 0 unspecified atom stereocenters. The molecule has 0 bridgehead atoms. The van der Waals surface area contributed by atoms with E-state index in [-0.39, 0.29) is 12.5 Å². The molecule has 0 N–H and O–H groups in total. The smallest absolute Gasteiger partial charge is 0.340 e. The number of pyridine rings is 1. The lowest BCUT2D eigenvalue weighted by Crippen LogP contribution is -2.33. The van der Waals surface area contributed by atoms with Crippen LogP contribution in [0.15, 0.2) is 41.9 Å². The van der Waals surface area contributed by atoms with E-state index in [9.17, 15) is 9.59 Å². The van der Waals surface area contributed by atoms with Gasteiger partial charge in [-0.3, -0.25) is 9.78 Å². The van der Waals surface area contributed by atoms with E-state index in [0.29, 0.717) is 12.1 Å². The number of rotatable bonds is 4. The minimum Gasteiger partial charge on any atom is -0.452 e. The van der Waals surface area contributed by atoms with Crippen LogP contribution in [0.1, 0.15) is 26.6 Å². The fraction of sp³-hybridized carbons (Fsp3) is 0.238. The third kappa shape index (κ3) is 3.66. The molecule has 4 rings (SSSR count). The average Bonchev–Trinajstić information content (AvgIpc) is 3.32. The van der Waals surface area contributed by atoms with Gasteiger partial charge in [0.15, 0.2) is 6.61 Å². The quantitative estimate of drug-likeness (QED) is 0.634. The second-order valence-electron chi connectivity index (χ2n) is 6.66. The highest BCUT2D eigenvalue weighted by atomic mass is 32.1. The molecular formula is C21H19N3O3S. The number of carbonyl (C=O) groups is 2. The summed E-state index contributed by atoms with van der Waals surface area (Å²) in [6.45, 7) is 4.11. The summed E-state index contributed by atoms with van der Waals surface area (Å²) in [5.41, 5.74) is 5.13. The number of benzene rings is 1. The number of esters is 1. The topological polar surface area (TPSA) is 72.4 Å². The predicted octanol–water partition coefficient (Wildman–Crippen LogP) is 3.57. The number of thiazole rings is 1. The van der Waals surface area contributed by atoms with Crippen molar-refractivity contribution in [1.82, 2.24) is 9.97 Å². The van der Waals surface area contributed by atoms with Gasteiger partial charge in [-0.05, 0) is 50.1 Å². The molecule has 7 heteroatoms. The minimum atomic E-state index is -0.547. The van der Waals surface area contributed by atoms with Gasteiger partial charge in [-0.2, -0.15) is 0 Å². The maximum Gasteiger partial charge on any atom is 0.340 e. The first kappa shape index (κ1) is 18.3. The molecule has 0 saturated carbocycles. The van der Waals surface area contributed by atoms with Crippen LogP contribution in [0.4, 0.5) is 5.69 Å². The summed E-state index contributed by atoms with van der Waals surface area (Å²) < 4.78 is 5.17. The van der Waals surface area contributed by atoms with Crippen LogP contribution in [-0.2, 0) is 16.0 Å². The Morgan fingerprint density at radius 3 is 2.79 bits per heavy atom. The number of ether oxygens (including phenoxy) is 1. The normalized spacial score (nSPS) is 12.7. The maximum absolute atomic E-state index is 12.6. The largest absolute Gasteiger partial charge is 0.452 e. The van der Waals surface area contributed by atoms with Crippen LogP contribution < -0.4 is 4.90 Å². The molecule has 1 aromatic carbocycles. The number of fused-ring (bicyclic) bond motifs is 1. The summed E-state index contributed by atoms with van der Waals surface area (Å²) in [5, 5.41) is 3.06. The van der Waals surface area contributed by atoms with Gasteiger partial charge in [0.2, 0.25) is 0 Å². The third-order valence-electron chi connectivity index (χ3n) is 4.66. The summed E-state index contributed by atoms with van der Waals surface area (Å²) >= 11 is 1.62. The number of nitrogens with zero attached hydrogens (tertiary/aromatic N) is 3. The Morgan fingerprint density at radius 1 is 1.21 bits per heavy atom. The van der Waals surface area contributed by atoms with Crippen molar-refractivity contribution in [3.8, 4) is 11.3 Å². The van der Waals surface area contributed by atoms with E-state index in [2.05, 4.69) is 16.0 Å². The van der Waals surface area contributed by atoms with E-state index >= 15 is 0 Å². The highest BCUT2D eigenvalue weighted by Crippen LogP contribution is 2.32. The van der Waals surface area contributed by atoms with Gasteiger partial charge in [0, 0.05) is 35.1 Å². The number of hydrogen-bond donors (Lipinski definition) is 0. The Morgan fingerprint density at radius 2 is 2.07 bits per heavy atom. The van der Waals surface area contributed by atoms with E-state index in [4.69, 9.17) is 4.74 Å². The molecule has 28 heavy (non-hydrogen) atoms. The number of aromatic nitrogens is 2. The number of aryl methyl sites for hydroxylation is 2. The fourth-order valence-corrected chi connectivity index (χ4v) is 3.82. The Hall–Kier alpha value is -3.06. The van der Waals surface area contributed by atoms with Gasteiger partial charge in [0.1, 0.15) is 0 Å². The first-order valence-electron chi connectivity index (χ1n) is 8.97. The van der Waals surface area contributed by atoms with Gasteiger partial charge < -0.3 is 9.64 Å². The van der Waals surface area contributed by atoms with Crippen molar-refractivity contribution in [2.75, 3.05) is 18.1 Å². The molecule has 0 fully saturated rings. The SMILES string of the molecule is Cc1ccc(C(=O)OCC(=O)N2CCc3cc(-c4csc(C)n4)ccc32)cn1. The number of hydrogen-bond acceptors (Lipinski definition) is 6. The average molecular weight is 393 g/mol. The summed E-state index contributed by atoms with van der Waals surface area (Å²) in [5.74, 6) is -0.779. The van der Waals surface area contributed by atoms with Gasteiger partial charge in [-0.1, -0.05) is 6.07 Å². The minimum absolute atomic E-state index is 0.232. The first-order chi connectivity index (χ1) is 13.5. The molecule has 0 saturated heterocycles. The molecule has 1 amide bonds. The molecule has 0 spiro atoms. The van der Waals surface area contributed by atoms with E-state index in [0.717, 1.165) is 39.6 Å². The fourth-order valence-electron chi connectivity index (χ4n) is 3.19. The maximum atomic E-state index is 12.6. The van der Waals surface area contributed by atoms with E-state index < -0.39 is 5.97 Å². The zero-order valence-corrected chi connectivity index (χ0v) is 16.5. The number of anilines is 1. The van der Waals surface area contributed by atoms with Crippen molar-refractivity contribution in [2.45, 2.75) is 20.3 Å². The monoisotopic (exact) mass is 393 g/mol. The van der Waals surface area contributed by atoms with Gasteiger partial charge in [-0.25, -0.2) is 9.78 Å². The van der Waals surface area contributed by atoms with Crippen molar-refractivity contribution in [1.29, 1.82) is 0 Å². The lowest BCUT2D eigenvalue weighted by atomic mass is 10.1. The van der Waals surface area contributed by atoms with Crippen molar-refractivity contribution < 1.29 is 14.3 Å². The van der Waals surface area contributed by atoms with Crippen molar-refractivity contribution in [3.63, 3.8) is 0 Å². The molecule has 0 radical (unpaired) electrons. The van der Waals surface area contributed by atoms with E-state index in [1.165, 1.54) is 6.20 Å². The van der Waals surface area contributed by atoms with Gasteiger partial charge in [0.05, 0.1) is 16.3 Å². The van der Waals surface area contributed by atoms with Crippen LogP contribution in [0.5, 0.6) is 0 Å². The molecule has 1 aliphatic rings. The lowest BCUT2D eigenvalue weighted by Gasteiger charge is -2.17. The Labute approximate surface area is 166 Å². The summed E-state index contributed by atoms with van der Waals surface area (Å²) in [6.07, 6.45) is 2.23. The lowest BCUT2D eigenvalue weighted by molar-refractivity contribution is -0.121. The summed E-state index contributed by atoms with van der Waals surface area (Å²) in [6, 6.07) is 9.37. The van der Waals surface area contributed by atoms with Crippen LogP contribution >= 0.6 is 11.3 Å². The first-order valence-corrected chi connectivity index (χ1v) is 9.85. The molecule has 142 valence electrons. The van der Waals surface area contributed by atoms with E-state index in [1.807, 2.05) is 31.4 Å². The molecule has 3 heterocycles. The van der Waals surface area contributed by atoms with Gasteiger partial charge in [0.25, 0.3) is 5.91 Å². The van der Waals surface area contributed by atoms with Crippen LogP contribution in [0.3, 0.4) is 0 Å². The second kappa shape index (κ2) is 7.52. The second-order valence-corrected chi connectivity index (χ2v) is 7.72. The third-order valence-corrected chi connectivity index (χ3v) is 5.44. The van der Waals surface area contributed by atoms with Crippen molar-refractivity contribution in [3.05, 3.63) is 63.7 Å². The molecule has 0 aliphatic carbocycles. The zero-order valence-electron chi connectivity index (χ0n) is 15.6. The highest BCUT2D eigenvalue weighted by Gasteiger charge is 2.26. The Bertz CT molecular complexity index is 1040. The molecule has 0 atom stereocenters. The number of carbonyl (C=O) groups excluding carboxylic acids is 2. The zero-order chi connectivity index (χ0) is 19.7. The Balaban J connectivity index is 1.43. The molecular weight excluding hydrogens is 374 g/mol. The van der Waals surface area contributed by atoms with Crippen molar-refractivity contribution in [2.24, 2.45) is 0 Å². The van der Waals surface area contributed by atoms with Crippen molar-refractivity contribution >= 4 is 28.9 Å². The van der Waals surface area contributed by atoms with Gasteiger partial charge >= 0.3 is 5.97 Å². The van der Waals surface area contributed by atoms with Gasteiger partial charge in [-0.15, -0.1) is 11.3 Å². The van der Waals surface area contributed by atoms with E-state index in [1.54, 1.807) is 28.4 Å². The van der Waals surface area contributed by atoms with Crippen LogP contribution in [0, 0.1) is 13.8 Å². The summed E-state index contributed by atoms with van der Waals surface area (Å²) in [7, 11) is 0. The highest BCUT2D eigenvalue weighted by molar-refractivity contribution is 7.09. The standard InChI is InChI=1S/C21H19N3O3S/c1-13-3-4-17(10-22-13)21(26)27-11-20(25)24-8-7-16-9-15(5-6-19(16)24)18-12-28-14(2)23-18/h3-6,9-10,12H,7-8,11H2,1-2H3. The predicted molar refractivity (Wildman–Crippen MR) is 108 cm³/mol. The van der Waals surface area contributed by atoms with Crippen LogP contribution in [0.25, 0.3) is 11.3 Å². The molecule has 3 aromatic rings.